The highest BCUT2D eigenvalue weighted by atomic mass is 19.3. The molecule has 0 spiro atoms. The number of benzene rings is 1. The fourth-order valence-corrected chi connectivity index (χ4v) is 8.61. The van der Waals surface area contributed by atoms with Gasteiger partial charge in [-0.25, -0.2) is 13.8 Å². The van der Waals surface area contributed by atoms with Crippen molar-refractivity contribution >= 4 is 46.3 Å². The number of piperidine rings is 2. The Bertz CT molecular complexity index is 2200. The molecule has 7 rings (SSSR count). The van der Waals surface area contributed by atoms with Crippen LogP contribution >= 0.6 is 0 Å². The number of fused-ring (bicyclic) bond motifs is 2. The third-order valence-corrected chi connectivity index (χ3v) is 11.9. The molecule has 63 heavy (non-hydrogen) atoms. The van der Waals surface area contributed by atoms with Gasteiger partial charge in [0.15, 0.2) is 0 Å². The van der Waals surface area contributed by atoms with Crippen molar-refractivity contribution in [3.8, 4) is 0 Å². The minimum Gasteiger partial charge on any atom is -0.388 e. The topological polar surface area (TPSA) is 236 Å². The van der Waals surface area contributed by atoms with Gasteiger partial charge in [-0.15, -0.1) is 0 Å². The predicted octanol–water partition coefficient (Wildman–Crippen LogP) is 1.98. The quantitative estimate of drug-likeness (QED) is 0.0806. The van der Waals surface area contributed by atoms with Crippen LogP contribution in [0.25, 0.3) is 11.0 Å². The molecular formula is C42H54F2N8O11. The van der Waals surface area contributed by atoms with Crippen LogP contribution in [0.4, 0.5) is 20.4 Å². The number of nitrogens with one attached hydrogen (secondary N) is 3. The summed E-state index contributed by atoms with van der Waals surface area (Å²) in [4.78, 5) is 75.5. The molecule has 342 valence electrons. The van der Waals surface area contributed by atoms with Gasteiger partial charge in [-0.1, -0.05) is 6.07 Å². The molecule has 3 aliphatic heterocycles. The summed E-state index contributed by atoms with van der Waals surface area (Å²) in [6, 6.07) is 4.42. The number of likely N-dealkylation sites (tertiary alicyclic amines) is 1. The van der Waals surface area contributed by atoms with Crippen molar-refractivity contribution in [2.24, 2.45) is 0 Å². The van der Waals surface area contributed by atoms with E-state index in [1.54, 1.807) is 30.0 Å². The highest BCUT2D eigenvalue weighted by molar-refractivity contribution is 6.24. The van der Waals surface area contributed by atoms with Crippen molar-refractivity contribution in [1.82, 2.24) is 29.7 Å². The molecule has 21 heteroatoms. The number of hydrogen-bond acceptors (Lipinski definition) is 15. The summed E-state index contributed by atoms with van der Waals surface area (Å²) < 4.78 is 51.0. The zero-order chi connectivity index (χ0) is 44.7. The van der Waals surface area contributed by atoms with Crippen molar-refractivity contribution in [3.63, 3.8) is 0 Å². The van der Waals surface area contributed by atoms with Gasteiger partial charge >= 0.3 is 0 Å². The summed E-state index contributed by atoms with van der Waals surface area (Å²) in [7, 11) is 0. The standard InChI is InChI=1S/C42H54F2N8O11/c1-42(59)11-3-6-31(42)52-36-25(22-28(35(43)44)39(52)57)23-46-41(49-36)47-26-9-13-50(14-10-26)33(54)24-63-21-20-62-19-18-61-17-16-60-15-12-45-29-5-2-4-27-34(29)40(58)51(38(27)56)30-7-8-32(53)48-37(30)55/h2,4-5,22-23,26,30-31,35,37,45,55,59H,3,6-21,24H2,1H3,(H,48,53)(H,46,47,49)/t30?,31-,37?,42-/m1/s1. The van der Waals surface area contributed by atoms with Crippen LogP contribution in [0, 0.1) is 0 Å². The molecule has 4 amide bonds. The first-order valence-electron chi connectivity index (χ1n) is 21.3. The molecular weight excluding hydrogens is 831 g/mol. The van der Waals surface area contributed by atoms with E-state index in [1.165, 1.54) is 10.8 Å². The number of pyridine rings is 1. The number of nitrogens with zero attached hydrogens (tertiary/aromatic N) is 5. The van der Waals surface area contributed by atoms with Crippen molar-refractivity contribution in [2.45, 2.75) is 88.2 Å². The molecule has 5 heterocycles. The molecule has 1 aliphatic carbocycles. The Balaban J connectivity index is 0.729. The van der Waals surface area contributed by atoms with E-state index in [9.17, 15) is 43.0 Å². The van der Waals surface area contributed by atoms with Crippen molar-refractivity contribution in [2.75, 3.05) is 83.1 Å². The number of anilines is 2. The maximum atomic E-state index is 13.8. The second-order valence-corrected chi connectivity index (χ2v) is 16.3. The minimum atomic E-state index is -2.99. The summed E-state index contributed by atoms with van der Waals surface area (Å²) in [6.45, 7) is 4.94. The number of alkyl halides is 2. The molecule has 4 atom stereocenters. The number of carbonyl (C=O) groups excluding carboxylic acids is 4. The van der Waals surface area contributed by atoms with E-state index in [-0.39, 0.29) is 78.6 Å². The second kappa shape index (κ2) is 20.5. The first kappa shape index (κ1) is 45.8. The molecule has 3 fully saturated rings. The Hall–Kier alpha value is -5.19. The van der Waals surface area contributed by atoms with Gasteiger partial charge in [-0.05, 0) is 63.6 Å². The lowest BCUT2D eigenvalue weighted by molar-refractivity contribution is -0.137. The van der Waals surface area contributed by atoms with E-state index in [2.05, 4.69) is 25.9 Å². The number of aliphatic hydroxyl groups excluding tert-OH is 1. The normalized spacial score (nSPS) is 22.9. The number of aliphatic hydroxyl groups is 2. The van der Waals surface area contributed by atoms with E-state index in [1.807, 2.05) is 0 Å². The molecule has 5 N–H and O–H groups in total. The maximum Gasteiger partial charge on any atom is 0.269 e. The molecule has 0 bridgehead atoms. The summed E-state index contributed by atoms with van der Waals surface area (Å²) in [5, 5.41) is 30.3. The Kier molecular flexibility index (Phi) is 14.9. The Morgan fingerprint density at radius 3 is 2.33 bits per heavy atom. The van der Waals surface area contributed by atoms with E-state index in [4.69, 9.17) is 18.9 Å². The minimum absolute atomic E-state index is 0.0743. The van der Waals surface area contributed by atoms with Crippen molar-refractivity contribution in [1.29, 1.82) is 0 Å². The maximum absolute atomic E-state index is 13.8. The number of hydrogen-bond donors (Lipinski definition) is 5. The van der Waals surface area contributed by atoms with Gasteiger partial charge in [0.05, 0.1) is 80.6 Å². The molecule has 19 nitrogen and oxygen atoms in total. The highest BCUT2D eigenvalue weighted by Gasteiger charge is 2.45. The molecule has 2 unspecified atom stereocenters. The van der Waals surface area contributed by atoms with Gasteiger partial charge in [-0.3, -0.25) is 33.4 Å². The molecule has 2 saturated heterocycles. The van der Waals surface area contributed by atoms with Crippen molar-refractivity contribution in [3.05, 3.63) is 57.5 Å². The number of ether oxygens (including phenoxy) is 4. The van der Waals surface area contributed by atoms with Gasteiger partial charge in [0, 0.05) is 49.4 Å². The smallest absolute Gasteiger partial charge is 0.269 e. The first-order valence-corrected chi connectivity index (χ1v) is 21.3. The number of carbonyl (C=O) groups is 4. The summed E-state index contributed by atoms with van der Waals surface area (Å²) in [6.07, 6.45) is 0.116. The van der Waals surface area contributed by atoms with Crippen LogP contribution in [0.3, 0.4) is 0 Å². The average Bonchev–Trinajstić information content (AvgIpc) is 3.74. The van der Waals surface area contributed by atoms with Crippen LogP contribution in [0.15, 0.2) is 35.3 Å². The fourth-order valence-electron chi connectivity index (χ4n) is 8.61. The molecule has 0 radical (unpaired) electrons. The Labute approximate surface area is 361 Å². The largest absolute Gasteiger partial charge is 0.388 e. The number of aromatic nitrogens is 3. The first-order chi connectivity index (χ1) is 30.3. The van der Waals surface area contributed by atoms with Gasteiger partial charge < -0.3 is 50.0 Å². The number of halogens is 2. The van der Waals surface area contributed by atoms with Crippen LogP contribution in [0.1, 0.15) is 90.6 Å². The lowest BCUT2D eigenvalue weighted by Gasteiger charge is -2.33. The second-order valence-electron chi connectivity index (χ2n) is 16.3. The Morgan fingerprint density at radius 1 is 0.968 bits per heavy atom. The average molecular weight is 885 g/mol. The molecule has 1 saturated carbocycles. The van der Waals surface area contributed by atoms with Crippen molar-refractivity contribution < 1.29 is 57.1 Å². The van der Waals surface area contributed by atoms with Crippen LogP contribution in [0.5, 0.6) is 0 Å². The zero-order valence-corrected chi connectivity index (χ0v) is 35.1. The number of rotatable bonds is 20. The molecule has 2 aromatic heterocycles. The van der Waals surface area contributed by atoms with Crippen LogP contribution in [0.2, 0.25) is 0 Å². The van der Waals surface area contributed by atoms with Gasteiger partial charge in [0.25, 0.3) is 23.8 Å². The zero-order valence-electron chi connectivity index (χ0n) is 35.1. The SMILES string of the molecule is C[C@@]1(O)CCC[C@H]1n1c(=O)c(C(F)F)cc2cnc(NC3CCN(C(=O)COCCOCCOCCOCCNc4cccc5c4C(=O)N(C4CCC(=O)NC4O)C5=O)CC3)nc21. The highest BCUT2D eigenvalue weighted by Crippen LogP contribution is 2.40. The lowest BCUT2D eigenvalue weighted by Crippen LogP contribution is -2.57. The van der Waals surface area contributed by atoms with Crippen LogP contribution in [-0.4, -0.2) is 155 Å². The van der Waals surface area contributed by atoms with E-state index in [0.29, 0.717) is 90.5 Å². The van der Waals surface area contributed by atoms with Crippen LogP contribution < -0.4 is 21.5 Å². The van der Waals surface area contributed by atoms with Gasteiger partial charge in [-0.2, -0.15) is 4.98 Å². The predicted molar refractivity (Wildman–Crippen MR) is 221 cm³/mol. The van der Waals surface area contributed by atoms with E-state index >= 15 is 0 Å². The molecule has 3 aromatic rings. The van der Waals surface area contributed by atoms with Gasteiger partial charge in [0.1, 0.15) is 18.5 Å². The number of imide groups is 1. The lowest BCUT2D eigenvalue weighted by atomic mass is 9.99. The summed E-state index contributed by atoms with van der Waals surface area (Å²) in [5.41, 5.74) is -1.66. The summed E-state index contributed by atoms with van der Waals surface area (Å²) in [5.74, 6) is -1.29. The molecule has 1 aromatic carbocycles. The van der Waals surface area contributed by atoms with Gasteiger partial charge in [0.2, 0.25) is 17.8 Å². The number of amides is 4. The Morgan fingerprint density at radius 2 is 1.67 bits per heavy atom. The molecule has 4 aliphatic rings. The third kappa shape index (κ3) is 10.6. The fraction of sp³-hybridized carbons (Fsp3) is 0.595. The van der Waals surface area contributed by atoms with Crippen LogP contribution in [-0.2, 0) is 28.5 Å². The third-order valence-electron chi connectivity index (χ3n) is 11.9. The summed E-state index contributed by atoms with van der Waals surface area (Å²) >= 11 is 0. The van der Waals surface area contributed by atoms with E-state index < -0.39 is 53.3 Å². The monoisotopic (exact) mass is 884 g/mol. The van der Waals surface area contributed by atoms with E-state index in [0.717, 1.165) is 11.0 Å².